The Morgan fingerprint density at radius 1 is 1.50 bits per heavy atom. The minimum absolute atomic E-state index is 0.142. The third-order valence-electron chi connectivity index (χ3n) is 1.19. The summed E-state index contributed by atoms with van der Waals surface area (Å²) in [7, 11) is 0. The fourth-order valence-electron chi connectivity index (χ4n) is 0.550. The number of allylic oxidation sites excluding steroid dienone is 1. The maximum Gasteiger partial charge on any atom is 0.395 e. The lowest BCUT2D eigenvalue weighted by Gasteiger charge is -1.99. The van der Waals surface area contributed by atoms with Crippen LogP contribution in [0.25, 0.3) is 0 Å². The Labute approximate surface area is 45.0 Å². The first kappa shape index (κ1) is 5.66. The van der Waals surface area contributed by atoms with Crippen LogP contribution in [0.15, 0.2) is 12.2 Å². The van der Waals surface area contributed by atoms with Crippen LogP contribution in [0.4, 0.5) is 13.2 Å². The molecule has 1 fully saturated rings. The number of hydrogen-bond acceptors (Lipinski definition) is 0. The van der Waals surface area contributed by atoms with Crippen LogP contribution in [-0.2, 0) is 0 Å². The predicted molar refractivity (Wildman–Crippen MR) is 23.3 cm³/mol. The Kier molecular flexibility index (Phi) is 0.900. The SMILES string of the molecule is C=C1CC1C(F)(F)F. The molecule has 1 saturated carbocycles. The van der Waals surface area contributed by atoms with E-state index in [1.165, 1.54) is 0 Å². The van der Waals surface area contributed by atoms with Gasteiger partial charge in [0.2, 0.25) is 0 Å². The van der Waals surface area contributed by atoms with E-state index in [4.69, 9.17) is 0 Å². The first-order chi connectivity index (χ1) is 3.52. The van der Waals surface area contributed by atoms with Crippen molar-refractivity contribution in [2.45, 2.75) is 12.6 Å². The monoisotopic (exact) mass is 122 g/mol. The first-order valence-corrected chi connectivity index (χ1v) is 2.26. The van der Waals surface area contributed by atoms with Crippen LogP contribution in [0.1, 0.15) is 6.42 Å². The molecule has 0 amide bonds. The molecule has 0 aromatic carbocycles. The molecule has 0 spiro atoms. The average Bonchev–Trinajstić information content (AvgIpc) is 2.13. The number of alkyl halides is 3. The minimum atomic E-state index is -4.02. The van der Waals surface area contributed by atoms with Gasteiger partial charge in [0.25, 0.3) is 0 Å². The Hall–Kier alpha value is -0.470. The molecule has 0 saturated heterocycles. The van der Waals surface area contributed by atoms with Gasteiger partial charge in [-0.3, -0.25) is 0 Å². The highest BCUT2D eigenvalue weighted by molar-refractivity contribution is 5.21. The summed E-state index contributed by atoms with van der Waals surface area (Å²) in [6, 6.07) is 0. The first-order valence-electron chi connectivity index (χ1n) is 2.26. The van der Waals surface area contributed by atoms with Crippen LogP contribution < -0.4 is 0 Å². The van der Waals surface area contributed by atoms with Gasteiger partial charge in [-0.15, -0.1) is 0 Å². The topological polar surface area (TPSA) is 0 Å². The van der Waals surface area contributed by atoms with Gasteiger partial charge in [0.1, 0.15) is 0 Å². The molecule has 0 aliphatic heterocycles. The lowest BCUT2D eigenvalue weighted by molar-refractivity contribution is -0.143. The van der Waals surface area contributed by atoms with Crippen molar-refractivity contribution in [3.8, 4) is 0 Å². The van der Waals surface area contributed by atoms with Crippen molar-refractivity contribution in [3.05, 3.63) is 12.2 Å². The molecule has 1 unspecified atom stereocenters. The highest BCUT2D eigenvalue weighted by Gasteiger charge is 2.50. The smallest absolute Gasteiger partial charge is 0.170 e. The molecule has 0 heterocycles. The second-order valence-corrected chi connectivity index (χ2v) is 1.96. The quantitative estimate of drug-likeness (QED) is 0.432. The number of hydrogen-bond donors (Lipinski definition) is 0. The van der Waals surface area contributed by atoms with Crippen LogP contribution >= 0.6 is 0 Å². The molecule has 8 heavy (non-hydrogen) atoms. The van der Waals surface area contributed by atoms with Gasteiger partial charge >= 0.3 is 6.18 Å². The van der Waals surface area contributed by atoms with Crippen LogP contribution in [0, 0.1) is 5.92 Å². The third kappa shape index (κ3) is 0.854. The van der Waals surface area contributed by atoms with Crippen LogP contribution in [-0.4, -0.2) is 6.18 Å². The summed E-state index contributed by atoms with van der Waals surface area (Å²) in [5, 5.41) is 0. The Balaban J connectivity index is 2.51. The number of rotatable bonds is 0. The predicted octanol–water partition coefficient (Wildman–Crippen LogP) is 2.12. The summed E-state index contributed by atoms with van der Waals surface area (Å²) in [6.45, 7) is 3.19. The second kappa shape index (κ2) is 1.27. The Bertz CT molecular complexity index is 122. The van der Waals surface area contributed by atoms with E-state index in [1.54, 1.807) is 0 Å². The largest absolute Gasteiger partial charge is 0.395 e. The minimum Gasteiger partial charge on any atom is -0.170 e. The zero-order valence-corrected chi connectivity index (χ0v) is 4.13. The molecule has 46 valence electrons. The maximum atomic E-state index is 11.4. The highest BCUT2D eigenvalue weighted by Crippen LogP contribution is 2.48. The van der Waals surface area contributed by atoms with Crippen molar-refractivity contribution in [3.63, 3.8) is 0 Å². The van der Waals surface area contributed by atoms with Gasteiger partial charge in [-0.2, -0.15) is 13.2 Å². The third-order valence-corrected chi connectivity index (χ3v) is 1.19. The van der Waals surface area contributed by atoms with Crippen molar-refractivity contribution < 1.29 is 13.2 Å². The summed E-state index contributed by atoms with van der Waals surface area (Å²) >= 11 is 0. The van der Waals surface area contributed by atoms with E-state index >= 15 is 0 Å². The maximum absolute atomic E-state index is 11.4. The molecule has 0 nitrogen and oxygen atoms in total. The van der Waals surface area contributed by atoms with E-state index in [9.17, 15) is 13.2 Å². The van der Waals surface area contributed by atoms with E-state index in [0.29, 0.717) is 5.57 Å². The zero-order valence-electron chi connectivity index (χ0n) is 4.13. The summed E-state index contributed by atoms with van der Waals surface area (Å²) in [6.07, 6.45) is -3.87. The molecule has 1 aliphatic carbocycles. The summed E-state index contributed by atoms with van der Waals surface area (Å²) in [5.41, 5.74) is 0.317. The number of halogens is 3. The second-order valence-electron chi connectivity index (χ2n) is 1.96. The normalized spacial score (nSPS) is 28.4. The Morgan fingerprint density at radius 2 is 1.88 bits per heavy atom. The molecule has 0 bridgehead atoms. The van der Waals surface area contributed by atoms with Gasteiger partial charge < -0.3 is 0 Å². The van der Waals surface area contributed by atoms with Crippen molar-refractivity contribution >= 4 is 0 Å². The van der Waals surface area contributed by atoms with Crippen molar-refractivity contribution in [2.75, 3.05) is 0 Å². The molecule has 1 atom stereocenters. The zero-order chi connectivity index (χ0) is 6.36. The fraction of sp³-hybridized carbons (Fsp3) is 0.600. The lowest BCUT2D eigenvalue weighted by atomic mass is 10.4. The summed E-state index contributed by atoms with van der Waals surface area (Å²) in [4.78, 5) is 0. The van der Waals surface area contributed by atoms with Crippen LogP contribution in [0.3, 0.4) is 0 Å². The van der Waals surface area contributed by atoms with E-state index in [1.807, 2.05) is 0 Å². The summed E-state index contributed by atoms with van der Waals surface area (Å²) < 4.78 is 34.3. The molecule has 0 radical (unpaired) electrons. The fourth-order valence-corrected chi connectivity index (χ4v) is 0.550. The van der Waals surface area contributed by atoms with E-state index in [0.717, 1.165) is 0 Å². The summed E-state index contributed by atoms with van der Waals surface area (Å²) in [5.74, 6) is -1.18. The van der Waals surface area contributed by atoms with Crippen molar-refractivity contribution in [1.29, 1.82) is 0 Å². The average molecular weight is 122 g/mol. The van der Waals surface area contributed by atoms with Crippen LogP contribution in [0.2, 0.25) is 0 Å². The van der Waals surface area contributed by atoms with Gasteiger partial charge in [-0.1, -0.05) is 12.2 Å². The Morgan fingerprint density at radius 3 is 1.88 bits per heavy atom. The van der Waals surface area contributed by atoms with Gasteiger partial charge in [0.05, 0.1) is 5.92 Å². The van der Waals surface area contributed by atoms with Gasteiger partial charge in [0, 0.05) is 0 Å². The molecule has 0 aromatic heterocycles. The van der Waals surface area contributed by atoms with Gasteiger partial charge in [-0.25, -0.2) is 0 Å². The van der Waals surface area contributed by atoms with Crippen molar-refractivity contribution in [2.24, 2.45) is 5.92 Å². The molecular weight excluding hydrogens is 117 g/mol. The van der Waals surface area contributed by atoms with Crippen LogP contribution in [0.5, 0.6) is 0 Å². The molecule has 1 rings (SSSR count). The molecular formula is C5H5F3. The lowest BCUT2D eigenvalue weighted by Crippen LogP contribution is -2.09. The van der Waals surface area contributed by atoms with Gasteiger partial charge in [0.15, 0.2) is 0 Å². The molecule has 0 N–H and O–H groups in total. The molecule has 3 heteroatoms. The van der Waals surface area contributed by atoms with E-state index in [2.05, 4.69) is 6.58 Å². The van der Waals surface area contributed by atoms with Crippen molar-refractivity contribution in [1.82, 2.24) is 0 Å². The van der Waals surface area contributed by atoms with Gasteiger partial charge in [-0.05, 0) is 6.42 Å². The highest BCUT2D eigenvalue weighted by atomic mass is 19.4. The molecule has 1 aliphatic rings. The van der Waals surface area contributed by atoms with E-state index < -0.39 is 12.1 Å². The standard InChI is InChI=1S/C5H5F3/c1-3-2-4(3)5(6,7)8/h4H,1-2H2. The van der Waals surface area contributed by atoms with E-state index in [-0.39, 0.29) is 6.42 Å². The molecule has 0 aromatic rings.